The molecule has 0 aromatic carbocycles. The Morgan fingerprint density at radius 2 is 2.00 bits per heavy atom. The van der Waals surface area contributed by atoms with Gasteiger partial charge in [0.15, 0.2) is 5.82 Å². The van der Waals surface area contributed by atoms with Crippen molar-refractivity contribution in [3.8, 4) is 0 Å². The van der Waals surface area contributed by atoms with Crippen LogP contribution in [0.25, 0.3) is 0 Å². The Kier molecular flexibility index (Phi) is 3.38. The fourth-order valence-corrected chi connectivity index (χ4v) is 1.82. The summed E-state index contributed by atoms with van der Waals surface area (Å²) in [6, 6.07) is 3.82. The van der Waals surface area contributed by atoms with E-state index in [4.69, 9.17) is 0 Å². The van der Waals surface area contributed by atoms with Gasteiger partial charge in [0.1, 0.15) is 0 Å². The lowest BCUT2D eigenvalue weighted by atomic mass is 10.1. The molecule has 1 aromatic heterocycles. The Bertz CT molecular complexity index is 401. The molecule has 0 saturated carbocycles. The minimum absolute atomic E-state index is 0.0883. The molecule has 0 N–H and O–H groups in total. The average Bonchev–Trinajstić information content (AvgIpc) is 2.29. The summed E-state index contributed by atoms with van der Waals surface area (Å²) in [4.78, 5) is 15.6. The van der Waals surface area contributed by atoms with Crippen molar-refractivity contribution >= 4 is 11.7 Å². The monoisotopic (exact) mass is 234 g/mol. The molecule has 5 nitrogen and oxygen atoms in total. The SMILES string of the molecule is CC(C)c1ccc(N2CCN(C)CC2=O)nn1. The Hall–Kier alpha value is -1.49. The molecule has 0 radical (unpaired) electrons. The molecule has 0 bridgehead atoms. The second-order valence-electron chi connectivity index (χ2n) is 4.75. The van der Waals surface area contributed by atoms with Crippen molar-refractivity contribution in [1.29, 1.82) is 0 Å². The predicted octanol–water partition coefficient (Wildman–Crippen LogP) is 0.878. The number of hydrogen-bond acceptors (Lipinski definition) is 4. The molecule has 0 aliphatic carbocycles. The molecule has 1 aliphatic heterocycles. The van der Waals surface area contributed by atoms with Gasteiger partial charge in [0.05, 0.1) is 12.2 Å². The quantitative estimate of drug-likeness (QED) is 0.762. The number of anilines is 1. The van der Waals surface area contributed by atoms with E-state index in [1.54, 1.807) is 4.90 Å². The summed E-state index contributed by atoms with van der Waals surface area (Å²) in [6.45, 7) is 6.16. The van der Waals surface area contributed by atoms with Crippen LogP contribution in [0.5, 0.6) is 0 Å². The Balaban J connectivity index is 2.14. The van der Waals surface area contributed by atoms with Crippen LogP contribution < -0.4 is 4.90 Å². The van der Waals surface area contributed by atoms with Gasteiger partial charge in [-0.25, -0.2) is 0 Å². The van der Waals surface area contributed by atoms with Crippen molar-refractivity contribution in [2.75, 3.05) is 31.6 Å². The number of carbonyl (C=O) groups excluding carboxylic acids is 1. The highest BCUT2D eigenvalue weighted by Gasteiger charge is 2.23. The molecule has 0 unspecified atom stereocenters. The van der Waals surface area contributed by atoms with E-state index in [9.17, 15) is 4.79 Å². The zero-order chi connectivity index (χ0) is 12.4. The van der Waals surface area contributed by atoms with E-state index in [0.717, 1.165) is 12.2 Å². The second kappa shape index (κ2) is 4.79. The molecule has 1 saturated heterocycles. The number of likely N-dealkylation sites (N-methyl/N-ethyl adjacent to an activating group) is 1. The standard InChI is InChI=1S/C12H18N4O/c1-9(2)10-4-5-11(14-13-10)16-7-6-15(3)8-12(16)17/h4-5,9H,6-8H2,1-3H3. The van der Waals surface area contributed by atoms with Crippen molar-refractivity contribution in [3.05, 3.63) is 17.8 Å². The zero-order valence-corrected chi connectivity index (χ0v) is 10.6. The highest BCUT2D eigenvalue weighted by Crippen LogP contribution is 2.16. The average molecular weight is 234 g/mol. The van der Waals surface area contributed by atoms with Gasteiger partial charge in [-0.3, -0.25) is 14.6 Å². The lowest BCUT2D eigenvalue weighted by molar-refractivity contribution is -0.120. The first kappa shape index (κ1) is 12.0. The summed E-state index contributed by atoms with van der Waals surface area (Å²) in [5.74, 6) is 1.11. The van der Waals surface area contributed by atoms with Crippen LogP contribution in [0.1, 0.15) is 25.5 Å². The number of carbonyl (C=O) groups is 1. The van der Waals surface area contributed by atoms with Crippen LogP contribution in [0.3, 0.4) is 0 Å². The van der Waals surface area contributed by atoms with Crippen molar-refractivity contribution in [1.82, 2.24) is 15.1 Å². The van der Waals surface area contributed by atoms with Crippen LogP contribution in [0, 0.1) is 0 Å². The Morgan fingerprint density at radius 3 is 2.53 bits per heavy atom. The third-order valence-corrected chi connectivity index (χ3v) is 2.95. The van der Waals surface area contributed by atoms with Crippen LogP contribution in [-0.4, -0.2) is 47.7 Å². The number of rotatable bonds is 2. The first-order valence-corrected chi connectivity index (χ1v) is 5.90. The summed E-state index contributed by atoms with van der Waals surface area (Å²) in [6.07, 6.45) is 0. The van der Waals surface area contributed by atoms with Gasteiger partial charge >= 0.3 is 0 Å². The zero-order valence-electron chi connectivity index (χ0n) is 10.6. The van der Waals surface area contributed by atoms with E-state index >= 15 is 0 Å². The summed E-state index contributed by atoms with van der Waals surface area (Å²) >= 11 is 0. The second-order valence-corrected chi connectivity index (χ2v) is 4.75. The molecule has 2 heterocycles. The van der Waals surface area contributed by atoms with Crippen molar-refractivity contribution in [2.24, 2.45) is 0 Å². The summed E-state index contributed by atoms with van der Waals surface area (Å²) < 4.78 is 0. The maximum absolute atomic E-state index is 11.8. The summed E-state index contributed by atoms with van der Waals surface area (Å²) in [5, 5.41) is 8.29. The molecular formula is C12H18N4O. The summed E-state index contributed by atoms with van der Waals surface area (Å²) in [5.41, 5.74) is 0.954. The van der Waals surface area contributed by atoms with E-state index in [0.29, 0.717) is 24.8 Å². The molecule has 5 heteroatoms. The molecular weight excluding hydrogens is 216 g/mol. The maximum atomic E-state index is 11.8. The predicted molar refractivity (Wildman–Crippen MR) is 66.0 cm³/mol. The van der Waals surface area contributed by atoms with Gasteiger partial charge in [-0.1, -0.05) is 13.8 Å². The third-order valence-electron chi connectivity index (χ3n) is 2.95. The number of amides is 1. The van der Waals surface area contributed by atoms with Crippen molar-refractivity contribution in [2.45, 2.75) is 19.8 Å². The first-order chi connectivity index (χ1) is 8.08. The molecule has 1 aromatic rings. The topological polar surface area (TPSA) is 49.3 Å². The molecule has 0 spiro atoms. The lowest BCUT2D eigenvalue weighted by Gasteiger charge is -2.31. The van der Waals surface area contributed by atoms with Gasteiger partial charge in [-0.2, -0.15) is 5.10 Å². The van der Waals surface area contributed by atoms with Gasteiger partial charge in [-0.15, -0.1) is 5.10 Å². The van der Waals surface area contributed by atoms with E-state index in [1.807, 2.05) is 24.1 Å². The molecule has 0 atom stereocenters. The summed E-state index contributed by atoms with van der Waals surface area (Å²) in [7, 11) is 1.95. The van der Waals surface area contributed by atoms with Crippen LogP contribution >= 0.6 is 0 Å². The molecule has 2 rings (SSSR count). The van der Waals surface area contributed by atoms with Crippen LogP contribution in [-0.2, 0) is 4.79 Å². The van der Waals surface area contributed by atoms with E-state index in [1.165, 1.54) is 0 Å². The van der Waals surface area contributed by atoms with E-state index in [-0.39, 0.29) is 5.91 Å². The largest absolute Gasteiger partial charge is 0.296 e. The molecule has 1 amide bonds. The molecule has 92 valence electrons. The van der Waals surface area contributed by atoms with Gasteiger partial charge in [0, 0.05) is 13.1 Å². The van der Waals surface area contributed by atoms with Crippen LogP contribution in [0.15, 0.2) is 12.1 Å². The minimum atomic E-state index is 0.0883. The maximum Gasteiger partial charge on any atom is 0.242 e. The Labute approximate surface area is 101 Å². The molecule has 1 fully saturated rings. The third kappa shape index (κ3) is 2.61. The van der Waals surface area contributed by atoms with Gasteiger partial charge in [0.25, 0.3) is 0 Å². The smallest absolute Gasteiger partial charge is 0.242 e. The number of piperazine rings is 1. The lowest BCUT2D eigenvalue weighted by Crippen LogP contribution is -2.49. The normalized spacial score (nSPS) is 17.9. The van der Waals surface area contributed by atoms with Gasteiger partial charge in [0.2, 0.25) is 5.91 Å². The number of hydrogen-bond donors (Lipinski definition) is 0. The Morgan fingerprint density at radius 1 is 1.24 bits per heavy atom. The van der Waals surface area contributed by atoms with E-state index < -0.39 is 0 Å². The highest BCUT2D eigenvalue weighted by molar-refractivity contribution is 5.94. The fourth-order valence-electron chi connectivity index (χ4n) is 1.82. The first-order valence-electron chi connectivity index (χ1n) is 5.90. The molecule has 17 heavy (non-hydrogen) atoms. The van der Waals surface area contributed by atoms with Crippen molar-refractivity contribution in [3.63, 3.8) is 0 Å². The van der Waals surface area contributed by atoms with Crippen LogP contribution in [0.4, 0.5) is 5.82 Å². The van der Waals surface area contributed by atoms with Gasteiger partial charge in [-0.05, 0) is 25.1 Å². The highest BCUT2D eigenvalue weighted by atomic mass is 16.2. The number of nitrogens with zero attached hydrogens (tertiary/aromatic N) is 4. The van der Waals surface area contributed by atoms with Gasteiger partial charge < -0.3 is 0 Å². The fraction of sp³-hybridized carbons (Fsp3) is 0.583. The van der Waals surface area contributed by atoms with E-state index in [2.05, 4.69) is 24.0 Å². The molecule has 1 aliphatic rings. The minimum Gasteiger partial charge on any atom is -0.296 e. The number of aromatic nitrogens is 2. The van der Waals surface area contributed by atoms with Crippen LogP contribution in [0.2, 0.25) is 0 Å². The van der Waals surface area contributed by atoms with Crippen molar-refractivity contribution < 1.29 is 4.79 Å².